The number of hydrogen-bond donors (Lipinski definition) is 1. The van der Waals surface area contributed by atoms with Crippen LogP contribution in [0.5, 0.6) is 11.5 Å². The fourth-order valence-corrected chi connectivity index (χ4v) is 1.90. The van der Waals surface area contributed by atoms with Crippen LogP contribution in [0.25, 0.3) is 0 Å². The summed E-state index contributed by atoms with van der Waals surface area (Å²) < 4.78 is 16.3. The van der Waals surface area contributed by atoms with Gasteiger partial charge < -0.3 is 13.9 Å². The molecule has 0 saturated heterocycles. The van der Waals surface area contributed by atoms with Crippen LogP contribution < -0.4 is 14.9 Å². The number of ether oxygens (including phenoxy) is 2. The molecule has 1 aliphatic rings. The molecule has 2 heterocycles. The highest BCUT2D eigenvalue weighted by molar-refractivity contribution is 5.97. The Hall–Kier alpha value is -2.76. The van der Waals surface area contributed by atoms with Gasteiger partial charge in [-0.2, -0.15) is 5.10 Å². The fraction of sp³-hybridized carbons (Fsp3) is 0.200. The first kappa shape index (κ1) is 13.2. The minimum absolute atomic E-state index is 0.151. The van der Waals surface area contributed by atoms with Gasteiger partial charge in [-0.15, -0.1) is 0 Å². The summed E-state index contributed by atoms with van der Waals surface area (Å²) in [6, 6.07) is 10.7. The lowest BCUT2D eigenvalue weighted by Crippen LogP contribution is -2.42. The molecule has 1 amide bonds. The van der Waals surface area contributed by atoms with Crippen LogP contribution >= 0.6 is 0 Å². The van der Waals surface area contributed by atoms with E-state index in [-0.39, 0.29) is 12.5 Å². The van der Waals surface area contributed by atoms with E-state index in [1.54, 1.807) is 37.5 Å². The molecule has 1 aliphatic heterocycles. The second kappa shape index (κ2) is 5.70. The van der Waals surface area contributed by atoms with Gasteiger partial charge in [-0.1, -0.05) is 12.1 Å². The monoisotopic (exact) mass is 286 g/mol. The summed E-state index contributed by atoms with van der Waals surface area (Å²) >= 11 is 0. The molecule has 0 fully saturated rings. The van der Waals surface area contributed by atoms with Crippen molar-refractivity contribution in [1.29, 1.82) is 0 Å². The predicted molar refractivity (Wildman–Crippen MR) is 75.4 cm³/mol. The number of nitrogens with zero attached hydrogens (tertiary/aromatic N) is 1. The van der Waals surface area contributed by atoms with Crippen molar-refractivity contribution in [2.45, 2.75) is 13.0 Å². The van der Waals surface area contributed by atoms with Gasteiger partial charge in [0.2, 0.25) is 6.10 Å². The highest BCUT2D eigenvalue weighted by Crippen LogP contribution is 2.30. The van der Waals surface area contributed by atoms with Crippen molar-refractivity contribution in [3.05, 3.63) is 48.4 Å². The van der Waals surface area contributed by atoms with Crippen LogP contribution in [0.15, 0.2) is 52.2 Å². The molecule has 1 atom stereocenters. The molecule has 2 aromatic rings. The molecule has 1 aromatic heterocycles. The third kappa shape index (κ3) is 2.89. The number of hydrazone groups is 1. The Labute approximate surface area is 121 Å². The van der Waals surface area contributed by atoms with Crippen LogP contribution in [0.1, 0.15) is 12.7 Å². The molecule has 1 aromatic carbocycles. The van der Waals surface area contributed by atoms with Gasteiger partial charge >= 0.3 is 0 Å². The Morgan fingerprint density at radius 2 is 2.05 bits per heavy atom. The zero-order valence-corrected chi connectivity index (χ0v) is 11.4. The van der Waals surface area contributed by atoms with Gasteiger partial charge in [0, 0.05) is 0 Å². The van der Waals surface area contributed by atoms with Crippen molar-refractivity contribution < 1.29 is 18.7 Å². The van der Waals surface area contributed by atoms with Gasteiger partial charge in [-0.25, -0.2) is 5.43 Å². The molecule has 108 valence electrons. The topological polar surface area (TPSA) is 73.1 Å². The molecule has 21 heavy (non-hydrogen) atoms. The van der Waals surface area contributed by atoms with E-state index in [1.807, 2.05) is 12.1 Å². The maximum absolute atomic E-state index is 12.0. The van der Waals surface area contributed by atoms with Gasteiger partial charge in [-0.3, -0.25) is 4.79 Å². The number of para-hydroxylation sites is 2. The van der Waals surface area contributed by atoms with Crippen molar-refractivity contribution >= 4 is 11.6 Å². The van der Waals surface area contributed by atoms with E-state index in [0.717, 1.165) is 0 Å². The van der Waals surface area contributed by atoms with Crippen LogP contribution in [-0.4, -0.2) is 24.3 Å². The summed E-state index contributed by atoms with van der Waals surface area (Å²) in [6.07, 6.45) is 0.818. The zero-order valence-electron chi connectivity index (χ0n) is 11.4. The molecule has 6 nitrogen and oxygen atoms in total. The molecule has 0 radical (unpaired) electrons. The molecule has 0 unspecified atom stereocenters. The Morgan fingerprint density at radius 3 is 2.81 bits per heavy atom. The van der Waals surface area contributed by atoms with Gasteiger partial charge in [0.25, 0.3) is 5.91 Å². The Balaban J connectivity index is 1.63. The Kier molecular flexibility index (Phi) is 3.59. The van der Waals surface area contributed by atoms with E-state index in [1.165, 1.54) is 0 Å². The van der Waals surface area contributed by atoms with E-state index < -0.39 is 6.10 Å². The molecule has 0 spiro atoms. The summed E-state index contributed by atoms with van der Waals surface area (Å²) in [5, 5.41) is 3.99. The van der Waals surface area contributed by atoms with Crippen LogP contribution in [0.2, 0.25) is 0 Å². The van der Waals surface area contributed by atoms with Gasteiger partial charge in [-0.05, 0) is 31.2 Å². The molecular weight excluding hydrogens is 272 g/mol. The highest BCUT2D eigenvalue weighted by Gasteiger charge is 2.27. The lowest BCUT2D eigenvalue weighted by atomic mass is 10.2. The molecule has 6 heteroatoms. The second-order valence-electron chi connectivity index (χ2n) is 4.51. The first-order valence-corrected chi connectivity index (χ1v) is 6.50. The molecular formula is C15H14N2O4. The SMILES string of the molecule is C/C(=N/NC(=O)[C@@H]1COc2ccccc2O1)c1ccco1. The van der Waals surface area contributed by atoms with Gasteiger partial charge in [0.05, 0.1) is 6.26 Å². The molecule has 0 bridgehead atoms. The highest BCUT2D eigenvalue weighted by atomic mass is 16.6. The van der Waals surface area contributed by atoms with Crippen LogP contribution in [0, 0.1) is 0 Å². The Bertz CT molecular complexity index is 664. The molecule has 0 saturated carbocycles. The number of nitrogens with one attached hydrogen (secondary N) is 1. The van der Waals surface area contributed by atoms with Crippen molar-refractivity contribution in [3.63, 3.8) is 0 Å². The van der Waals surface area contributed by atoms with Gasteiger partial charge in [0.15, 0.2) is 11.5 Å². The molecule has 1 N–H and O–H groups in total. The number of furan rings is 1. The van der Waals surface area contributed by atoms with E-state index in [4.69, 9.17) is 13.9 Å². The largest absolute Gasteiger partial charge is 0.485 e. The number of carbonyl (C=O) groups excluding carboxylic acids is 1. The second-order valence-corrected chi connectivity index (χ2v) is 4.51. The third-order valence-electron chi connectivity index (χ3n) is 3.01. The minimum Gasteiger partial charge on any atom is -0.485 e. The van der Waals surface area contributed by atoms with Crippen molar-refractivity contribution in [3.8, 4) is 11.5 Å². The van der Waals surface area contributed by atoms with Crippen molar-refractivity contribution in [2.75, 3.05) is 6.61 Å². The third-order valence-corrected chi connectivity index (χ3v) is 3.01. The quantitative estimate of drug-likeness (QED) is 0.691. The maximum atomic E-state index is 12.0. The van der Waals surface area contributed by atoms with E-state index in [2.05, 4.69) is 10.5 Å². The first-order valence-electron chi connectivity index (χ1n) is 6.50. The number of carbonyl (C=O) groups is 1. The average molecular weight is 286 g/mol. The maximum Gasteiger partial charge on any atom is 0.284 e. The van der Waals surface area contributed by atoms with E-state index in [0.29, 0.717) is 23.0 Å². The standard InChI is InChI=1S/C15H14N2O4/c1-10(11-7-4-8-19-11)16-17-15(18)14-9-20-12-5-2-3-6-13(12)21-14/h2-8,14H,9H2,1H3,(H,17,18)/b16-10-/t14-/m0/s1. The minimum atomic E-state index is -0.729. The first-order chi connectivity index (χ1) is 10.2. The number of hydrogen-bond acceptors (Lipinski definition) is 5. The summed E-state index contributed by atoms with van der Waals surface area (Å²) in [4.78, 5) is 12.0. The number of benzene rings is 1. The van der Waals surface area contributed by atoms with E-state index >= 15 is 0 Å². The average Bonchev–Trinajstić information content (AvgIpc) is 3.06. The fourth-order valence-electron chi connectivity index (χ4n) is 1.90. The van der Waals surface area contributed by atoms with Crippen molar-refractivity contribution in [1.82, 2.24) is 5.43 Å². The molecule has 0 aliphatic carbocycles. The number of fused-ring (bicyclic) bond motifs is 1. The van der Waals surface area contributed by atoms with Crippen molar-refractivity contribution in [2.24, 2.45) is 5.10 Å². The van der Waals surface area contributed by atoms with Gasteiger partial charge in [0.1, 0.15) is 18.1 Å². The summed E-state index contributed by atoms with van der Waals surface area (Å²) in [7, 11) is 0. The number of amides is 1. The summed E-state index contributed by atoms with van der Waals surface area (Å²) in [6.45, 7) is 1.89. The summed E-state index contributed by atoms with van der Waals surface area (Å²) in [5.41, 5.74) is 3.03. The zero-order chi connectivity index (χ0) is 14.7. The summed E-state index contributed by atoms with van der Waals surface area (Å²) in [5.74, 6) is 1.42. The lowest BCUT2D eigenvalue weighted by molar-refractivity contribution is -0.130. The smallest absolute Gasteiger partial charge is 0.284 e. The van der Waals surface area contributed by atoms with E-state index in [9.17, 15) is 4.79 Å². The van der Waals surface area contributed by atoms with Crippen LogP contribution in [0.3, 0.4) is 0 Å². The molecule has 3 rings (SSSR count). The number of rotatable bonds is 3. The normalized spacial score (nSPS) is 17.4. The Morgan fingerprint density at radius 1 is 1.24 bits per heavy atom. The lowest BCUT2D eigenvalue weighted by Gasteiger charge is -2.24. The van der Waals surface area contributed by atoms with Crippen LogP contribution in [-0.2, 0) is 4.79 Å². The van der Waals surface area contributed by atoms with Crippen LogP contribution in [0.4, 0.5) is 0 Å². The predicted octanol–water partition coefficient (Wildman–Crippen LogP) is 1.96.